The van der Waals surface area contributed by atoms with Crippen molar-refractivity contribution in [2.75, 3.05) is 0 Å². The van der Waals surface area contributed by atoms with Crippen LogP contribution >= 0.6 is 0 Å². The Morgan fingerprint density at radius 3 is 1.79 bits per heavy atom. The summed E-state index contributed by atoms with van der Waals surface area (Å²) >= 11 is -2.97. The number of rotatable bonds is 4. The molecule has 0 unspecified atom stereocenters. The summed E-state index contributed by atoms with van der Waals surface area (Å²) in [7, 11) is 0. The van der Waals surface area contributed by atoms with Gasteiger partial charge in [0.25, 0.3) is 0 Å². The summed E-state index contributed by atoms with van der Waals surface area (Å²) < 4.78 is 7.74. The maximum absolute atomic E-state index is 5.37. The molecular formula is C48H34GeN4. The minimum atomic E-state index is -2.97. The van der Waals surface area contributed by atoms with Crippen molar-refractivity contribution < 1.29 is 0 Å². The SMILES string of the molecule is [CH3][Ge]1([CH3])[c]2cc(-n3c4ccccc4c4ccc5c(c6ccccc6n5-c5ccccc5)c43)ccc2-c2nc(-c3ccccc3)nc(-c3ccccc3)[c]21. The number of nitrogens with zero attached hydrogens (tertiary/aromatic N) is 4. The predicted molar refractivity (Wildman–Crippen MR) is 224 cm³/mol. The molecule has 53 heavy (non-hydrogen) atoms. The van der Waals surface area contributed by atoms with E-state index in [1.807, 2.05) is 6.07 Å². The van der Waals surface area contributed by atoms with Crippen LogP contribution in [0.25, 0.3) is 88.9 Å². The molecule has 0 saturated heterocycles. The van der Waals surface area contributed by atoms with Crippen molar-refractivity contribution in [3.05, 3.63) is 170 Å². The van der Waals surface area contributed by atoms with Crippen LogP contribution in [-0.2, 0) is 0 Å². The summed E-state index contributed by atoms with van der Waals surface area (Å²) in [5.41, 5.74) is 12.8. The summed E-state index contributed by atoms with van der Waals surface area (Å²) in [5.74, 6) is 5.81. The Hall–Kier alpha value is -6.24. The molecule has 0 spiro atoms. The Labute approximate surface area is 310 Å². The number of aromatic nitrogens is 4. The van der Waals surface area contributed by atoms with Crippen LogP contribution in [0.15, 0.2) is 170 Å². The van der Waals surface area contributed by atoms with E-state index in [4.69, 9.17) is 9.97 Å². The molecule has 4 nitrogen and oxygen atoms in total. The number of benzene rings is 7. The van der Waals surface area contributed by atoms with Crippen LogP contribution in [-0.4, -0.2) is 32.4 Å². The summed E-state index contributed by atoms with van der Waals surface area (Å²) in [4.78, 5) is 10.7. The van der Waals surface area contributed by atoms with E-state index in [0.29, 0.717) is 0 Å². The second kappa shape index (κ2) is 11.4. The van der Waals surface area contributed by atoms with Gasteiger partial charge in [0.1, 0.15) is 0 Å². The Balaban J connectivity index is 1.21. The van der Waals surface area contributed by atoms with Crippen molar-refractivity contribution in [2.24, 2.45) is 0 Å². The monoisotopic (exact) mass is 740 g/mol. The normalized spacial score (nSPS) is 13.2. The van der Waals surface area contributed by atoms with Gasteiger partial charge in [0, 0.05) is 0 Å². The van der Waals surface area contributed by atoms with Crippen LogP contribution in [0.2, 0.25) is 11.5 Å². The Bertz CT molecular complexity index is 3070. The van der Waals surface area contributed by atoms with Gasteiger partial charge in [-0.3, -0.25) is 0 Å². The molecule has 5 heteroatoms. The molecule has 0 N–H and O–H groups in total. The van der Waals surface area contributed by atoms with Gasteiger partial charge in [-0.15, -0.1) is 0 Å². The van der Waals surface area contributed by atoms with Crippen LogP contribution in [0.1, 0.15) is 0 Å². The molecule has 10 aromatic rings. The predicted octanol–water partition coefficient (Wildman–Crippen LogP) is 10.8. The second-order valence-corrected chi connectivity index (χ2v) is 23.6. The topological polar surface area (TPSA) is 35.6 Å². The fraction of sp³-hybridized carbons (Fsp3) is 0.0417. The van der Waals surface area contributed by atoms with Crippen LogP contribution in [0.5, 0.6) is 0 Å². The molecule has 0 fully saturated rings. The average molecular weight is 739 g/mol. The van der Waals surface area contributed by atoms with E-state index >= 15 is 0 Å². The molecule has 1 aliphatic rings. The standard InChI is InChI=1S/C48H34GeN4/c1-49(2)39-30-34(26-27-37(39)46-44(49)45(31-16-6-3-7-17-31)50-48(51-46)32-18-8-4-9-19-32)53-40-24-14-12-22-35(40)36-28-29-42-43(47(36)53)38-23-13-15-25-41(38)52(42)33-20-10-5-11-21-33/h3-30H,1-2H3. The van der Waals surface area contributed by atoms with E-state index in [2.05, 4.69) is 184 Å². The molecule has 0 radical (unpaired) electrons. The number of hydrogen-bond donors (Lipinski definition) is 0. The molecule has 11 rings (SSSR count). The van der Waals surface area contributed by atoms with Crippen LogP contribution in [0, 0.1) is 0 Å². The van der Waals surface area contributed by atoms with Crippen molar-refractivity contribution in [3.8, 4) is 45.3 Å². The van der Waals surface area contributed by atoms with E-state index < -0.39 is 13.3 Å². The fourth-order valence-electron chi connectivity index (χ4n) is 8.93. The molecule has 0 aliphatic carbocycles. The van der Waals surface area contributed by atoms with Gasteiger partial charge < -0.3 is 0 Å². The summed E-state index contributed by atoms with van der Waals surface area (Å²) in [5, 5.41) is 5.05. The van der Waals surface area contributed by atoms with Crippen LogP contribution < -0.4 is 8.79 Å². The zero-order valence-corrected chi connectivity index (χ0v) is 31.6. The Morgan fingerprint density at radius 1 is 0.453 bits per heavy atom. The third kappa shape index (κ3) is 4.36. The number of fused-ring (bicyclic) bond motifs is 10. The number of hydrogen-bond acceptors (Lipinski definition) is 2. The molecule has 0 bridgehead atoms. The van der Waals surface area contributed by atoms with Gasteiger partial charge in [0.15, 0.2) is 0 Å². The Kier molecular flexibility index (Phi) is 6.53. The first-order valence-corrected chi connectivity index (χ1v) is 24.6. The van der Waals surface area contributed by atoms with Gasteiger partial charge in [0.05, 0.1) is 0 Å². The van der Waals surface area contributed by atoms with Crippen molar-refractivity contribution in [3.63, 3.8) is 0 Å². The van der Waals surface area contributed by atoms with Gasteiger partial charge in [-0.2, -0.15) is 0 Å². The van der Waals surface area contributed by atoms with Crippen LogP contribution in [0.4, 0.5) is 0 Å². The fourth-order valence-corrected chi connectivity index (χ4v) is 15.7. The number of para-hydroxylation sites is 3. The molecule has 1 aliphatic heterocycles. The van der Waals surface area contributed by atoms with Gasteiger partial charge in [-0.1, -0.05) is 0 Å². The third-order valence-electron chi connectivity index (χ3n) is 11.3. The molecule has 3 aromatic heterocycles. The molecular weight excluding hydrogens is 705 g/mol. The van der Waals surface area contributed by atoms with Crippen molar-refractivity contribution in [1.29, 1.82) is 0 Å². The quantitative estimate of drug-likeness (QED) is 0.169. The van der Waals surface area contributed by atoms with Crippen LogP contribution in [0.3, 0.4) is 0 Å². The zero-order valence-electron chi connectivity index (χ0n) is 29.5. The summed E-state index contributed by atoms with van der Waals surface area (Å²) in [6.07, 6.45) is 0. The molecule has 0 amide bonds. The van der Waals surface area contributed by atoms with E-state index in [-0.39, 0.29) is 0 Å². The van der Waals surface area contributed by atoms with Crippen molar-refractivity contribution in [1.82, 2.24) is 19.1 Å². The van der Waals surface area contributed by atoms with Gasteiger partial charge in [-0.05, 0) is 0 Å². The molecule has 4 heterocycles. The Morgan fingerprint density at radius 2 is 1.06 bits per heavy atom. The van der Waals surface area contributed by atoms with Crippen molar-refractivity contribution in [2.45, 2.75) is 11.5 Å². The molecule has 7 aromatic carbocycles. The molecule has 250 valence electrons. The minimum absolute atomic E-state index is 0.776. The van der Waals surface area contributed by atoms with Gasteiger partial charge in [0.2, 0.25) is 0 Å². The molecule has 0 atom stereocenters. The van der Waals surface area contributed by atoms with Crippen molar-refractivity contribution >= 4 is 65.7 Å². The second-order valence-electron chi connectivity index (χ2n) is 14.6. The summed E-state index contributed by atoms with van der Waals surface area (Å²) in [6, 6.07) is 61.4. The van der Waals surface area contributed by atoms with E-state index in [0.717, 1.165) is 34.0 Å². The average Bonchev–Trinajstić information content (AvgIpc) is 3.81. The van der Waals surface area contributed by atoms with E-state index in [1.54, 1.807) is 0 Å². The first-order chi connectivity index (χ1) is 26.1. The first kappa shape index (κ1) is 30.4. The van der Waals surface area contributed by atoms with E-state index in [1.165, 1.54) is 63.7 Å². The van der Waals surface area contributed by atoms with Gasteiger partial charge in [-0.25, -0.2) is 0 Å². The molecule has 0 saturated carbocycles. The first-order valence-electron chi connectivity index (χ1n) is 18.3. The van der Waals surface area contributed by atoms with Gasteiger partial charge >= 0.3 is 311 Å². The third-order valence-corrected chi connectivity index (χ3v) is 18.6. The maximum atomic E-state index is 5.37. The van der Waals surface area contributed by atoms with E-state index in [9.17, 15) is 0 Å². The summed E-state index contributed by atoms with van der Waals surface area (Å²) in [6.45, 7) is 0. The zero-order chi connectivity index (χ0) is 35.3.